The number of nitrogens with one attached hydrogen (secondary N) is 4. The molecular weight excluding hydrogens is 592 g/mol. The third-order valence-electron chi connectivity index (χ3n) is 5.13. The van der Waals surface area contributed by atoms with Crippen molar-refractivity contribution in [3.63, 3.8) is 0 Å². The molecule has 0 unspecified atom stereocenters. The molecule has 0 saturated heterocycles. The molecule has 0 aliphatic heterocycles. The lowest BCUT2D eigenvalue weighted by Crippen LogP contribution is -2.48. The molecule has 0 saturated carbocycles. The minimum atomic E-state index is -1.01. The van der Waals surface area contributed by atoms with Crippen LogP contribution in [-0.4, -0.2) is 130 Å². The average Bonchev–Trinajstić information content (AvgIpc) is 2.95. The fourth-order valence-electron chi connectivity index (χ4n) is 3.04. The van der Waals surface area contributed by atoms with Gasteiger partial charge in [-0.25, -0.2) is 0 Å². The molecule has 0 heterocycles. The number of ether oxygens (including phenoxy) is 4. The monoisotopic (exact) mass is 640 g/mol. The van der Waals surface area contributed by atoms with Crippen molar-refractivity contribution in [2.45, 2.75) is 50.8 Å². The number of carbonyl (C=O) groups is 5. The number of amides is 4. The fraction of sp³-hybridized carbons (Fsp3) is 0.808. The Morgan fingerprint density at radius 1 is 0.714 bits per heavy atom. The smallest absolute Gasteiger partial charge is 0.303 e. The zero-order valence-corrected chi connectivity index (χ0v) is 26.4. The largest absolute Gasteiger partial charge is 0.481 e. The van der Waals surface area contributed by atoms with Crippen LogP contribution in [0.15, 0.2) is 0 Å². The first-order valence-electron chi connectivity index (χ1n) is 14.0. The minimum absolute atomic E-state index is 0.0332. The summed E-state index contributed by atoms with van der Waals surface area (Å²) >= 11 is 5.50. The van der Waals surface area contributed by atoms with E-state index in [1.54, 1.807) is 11.8 Å². The molecule has 1 atom stereocenters. The molecule has 0 bridgehead atoms. The summed E-state index contributed by atoms with van der Waals surface area (Å²) < 4.78 is 21.5. The number of hydrogen-bond donors (Lipinski definition) is 6. The van der Waals surface area contributed by atoms with Crippen molar-refractivity contribution in [2.75, 3.05) is 84.0 Å². The summed E-state index contributed by atoms with van der Waals surface area (Å²) in [5, 5.41) is 19.7. The van der Waals surface area contributed by atoms with Gasteiger partial charge in [-0.05, 0) is 18.1 Å². The van der Waals surface area contributed by atoms with Crippen LogP contribution in [0.1, 0.15) is 39.5 Å². The number of hydrogen-bond acceptors (Lipinski definition) is 11. The Labute approximate surface area is 257 Å². The summed E-state index contributed by atoms with van der Waals surface area (Å²) in [6.07, 6.45) is 0.654. The van der Waals surface area contributed by atoms with Gasteiger partial charge in [0.05, 0.1) is 70.8 Å². The highest BCUT2D eigenvalue weighted by molar-refractivity contribution is 8.00. The Bertz CT molecular complexity index is 777. The van der Waals surface area contributed by atoms with E-state index in [2.05, 4.69) is 33.9 Å². The second-order valence-corrected chi connectivity index (χ2v) is 11.0. The number of thiol groups is 1. The quantitative estimate of drug-likeness (QED) is 0.0482. The van der Waals surface area contributed by atoms with Crippen LogP contribution >= 0.6 is 24.4 Å². The van der Waals surface area contributed by atoms with Crippen molar-refractivity contribution in [1.82, 2.24) is 21.3 Å². The van der Waals surface area contributed by atoms with Crippen LogP contribution in [0, 0.1) is 0 Å². The SMILES string of the molecule is CC(C)SCC(=O)NCCC[C@H](NC(=O)CS)C(=O)NCCOCCOCCOCCOCCNC(=O)CCC(=O)O. The van der Waals surface area contributed by atoms with E-state index in [4.69, 9.17) is 24.1 Å². The van der Waals surface area contributed by atoms with Gasteiger partial charge in [-0.15, -0.1) is 11.8 Å². The van der Waals surface area contributed by atoms with E-state index < -0.39 is 12.0 Å². The third-order valence-corrected chi connectivity index (χ3v) is 6.51. The number of aliphatic carboxylic acids is 1. The number of carboxylic acid groups (broad SMARTS) is 1. The molecule has 0 radical (unpaired) electrons. The predicted molar refractivity (Wildman–Crippen MR) is 162 cm³/mol. The van der Waals surface area contributed by atoms with Gasteiger partial charge < -0.3 is 45.3 Å². The highest BCUT2D eigenvalue weighted by Crippen LogP contribution is 2.07. The maximum absolute atomic E-state index is 12.5. The summed E-state index contributed by atoms with van der Waals surface area (Å²) in [4.78, 5) is 57.8. The minimum Gasteiger partial charge on any atom is -0.481 e. The Kier molecular flexibility index (Phi) is 26.3. The van der Waals surface area contributed by atoms with E-state index in [9.17, 15) is 24.0 Å². The zero-order chi connectivity index (χ0) is 31.4. The van der Waals surface area contributed by atoms with Crippen LogP contribution in [-0.2, 0) is 42.9 Å². The third kappa shape index (κ3) is 26.8. The van der Waals surface area contributed by atoms with E-state index in [-0.39, 0.29) is 55.4 Å². The van der Waals surface area contributed by atoms with E-state index in [0.717, 1.165) is 0 Å². The highest BCUT2D eigenvalue weighted by atomic mass is 32.2. The second-order valence-electron chi connectivity index (χ2n) is 9.11. The molecular formula is C26H48N4O10S2. The molecule has 4 amide bonds. The Morgan fingerprint density at radius 2 is 1.24 bits per heavy atom. The highest BCUT2D eigenvalue weighted by Gasteiger charge is 2.19. The van der Waals surface area contributed by atoms with Gasteiger partial charge in [-0.1, -0.05) is 13.8 Å². The average molecular weight is 641 g/mol. The number of carboxylic acids is 1. The molecule has 0 aromatic heterocycles. The summed E-state index contributed by atoms with van der Waals surface area (Å²) in [5.74, 6) is -1.71. The van der Waals surface area contributed by atoms with Crippen LogP contribution in [0.5, 0.6) is 0 Å². The lowest BCUT2D eigenvalue weighted by Gasteiger charge is -2.18. The van der Waals surface area contributed by atoms with Crippen molar-refractivity contribution in [1.29, 1.82) is 0 Å². The van der Waals surface area contributed by atoms with E-state index in [1.165, 1.54) is 0 Å². The number of carbonyl (C=O) groups excluding carboxylic acids is 4. The zero-order valence-electron chi connectivity index (χ0n) is 24.7. The first kappa shape index (κ1) is 39.9. The van der Waals surface area contributed by atoms with Gasteiger partial charge in [0.1, 0.15) is 6.04 Å². The maximum Gasteiger partial charge on any atom is 0.303 e. The number of rotatable bonds is 28. The molecule has 42 heavy (non-hydrogen) atoms. The molecule has 0 aliphatic rings. The van der Waals surface area contributed by atoms with Gasteiger partial charge in [0.25, 0.3) is 0 Å². The van der Waals surface area contributed by atoms with Crippen molar-refractivity contribution >= 4 is 54.0 Å². The summed E-state index contributed by atoms with van der Waals surface area (Å²) in [6.45, 7) is 7.79. The van der Waals surface area contributed by atoms with Gasteiger partial charge in [0.2, 0.25) is 23.6 Å². The van der Waals surface area contributed by atoms with E-state index in [0.29, 0.717) is 83.2 Å². The van der Waals surface area contributed by atoms with Crippen LogP contribution in [0.25, 0.3) is 0 Å². The Morgan fingerprint density at radius 3 is 1.76 bits per heavy atom. The lowest BCUT2D eigenvalue weighted by atomic mass is 10.1. The van der Waals surface area contributed by atoms with E-state index in [1.807, 2.05) is 13.8 Å². The summed E-state index contributed by atoms with van der Waals surface area (Å²) in [6, 6.07) is -0.725. The summed E-state index contributed by atoms with van der Waals surface area (Å²) in [5.41, 5.74) is 0. The first-order chi connectivity index (χ1) is 20.1. The molecule has 14 nitrogen and oxygen atoms in total. The van der Waals surface area contributed by atoms with Gasteiger partial charge in [-0.2, -0.15) is 12.6 Å². The van der Waals surface area contributed by atoms with Gasteiger partial charge in [-0.3, -0.25) is 24.0 Å². The summed E-state index contributed by atoms with van der Waals surface area (Å²) in [7, 11) is 0. The van der Waals surface area contributed by atoms with Crippen LogP contribution in [0.2, 0.25) is 0 Å². The van der Waals surface area contributed by atoms with Crippen LogP contribution in [0.3, 0.4) is 0 Å². The van der Waals surface area contributed by atoms with Crippen molar-refractivity contribution < 1.29 is 48.0 Å². The number of thioether (sulfide) groups is 1. The van der Waals surface area contributed by atoms with E-state index >= 15 is 0 Å². The van der Waals surface area contributed by atoms with Gasteiger partial charge in [0.15, 0.2) is 0 Å². The molecule has 5 N–H and O–H groups in total. The predicted octanol–water partition coefficient (Wildman–Crippen LogP) is -0.397. The molecule has 0 aromatic carbocycles. The normalized spacial score (nSPS) is 11.6. The molecule has 0 spiro atoms. The van der Waals surface area contributed by atoms with Gasteiger partial charge in [0, 0.05) is 26.1 Å². The van der Waals surface area contributed by atoms with Crippen molar-refractivity contribution in [3.05, 3.63) is 0 Å². The van der Waals surface area contributed by atoms with Crippen molar-refractivity contribution in [3.8, 4) is 0 Å². The Balaban J connectivity index is 3.75. The molecule has 0 fully saturated rings. The fourth-order valence-corrected chi connectivity index (χ4v) is 3.72. The standard InChI is InChI=1S/C26H48N4O10S2/c1-20(2)42-19-24(33)27-7-3-4-21(30-23(32)18-41)26(36)29-9-11-38-13-15-40-17-16-39-14-12-37-10-8-28-22(31)5-6-25(34)35/h20-21,41H,3-19H2,1-2H3,(H,27,33)(H,28,31)(H,29,36)(H,30,32)(H,34,35)/t21-/m0/s1. The second kappa shape index (κ2) is 27.7. The molecule has 0 aliphatic carbocycles. The molecule has 0 rings (SSSR count). The lowest BCUT2D eigenvalue weighted by molar-refractivity contribution is -0.138. The Hall–Kier alpha value is -2.11. The van der Waals surface area contributed by atoms with Crippen LogP contribution < -0.4 is 21.3 Å². The molecule has 244 valence electrons. The van der Waals surface area contributed by atoms with Gasteiger partial charge >= 0.3 is 5.97 Å². The molecule has 16 heteroatoms. The topological polar surface area (TPSA) is 191 Å². The van der Waals surface area contributed by atoms with Crippen LogP contribution in [0.4, 0.5) is 0 Å². The molecule has 0 aromatic rings. The maximum atomic E-state index is 12.5. The van der Waals surface area contributed by atoms with Crippen molar-refractivity contribution in [2.24, 2.45) is 0 Å². The first-order valence-corrected chi connectivity index (χ1v) is 15.7.